The molecule has 1 aromatic rings. The molecule has 1 aromatic carbocycles. The van der Waals surface area contributed by atoms with Gasteiger partial charge >= 0.3 is 6.03 Å². The lowest BCUT2D eigenvalue weighted by Crippen LogP contribution is -2.42. The van der Waals surface area contributed by atoms with Crippen molar-refractivity contribution in [3.05, 3.63) is 35.9 Å². The SMILES string of the molecule is CCN[C@H](C(=O)NC(N)=O)c1ccccc1. The number of rotatable bonds is 4. The van der Waals surface area contributed by atoms with Crippen LogP contribution in [0.4, 0.5) is 4.79 Å². The molecule has 86 valence electrons. The highest BCUT2D eigenvalue weighted by Gasteiger charge is 2.19. The molecule has 0 aliphatic carbocycles. The van der Waals surface area contributed by atoms with Crippen molar-refractivity contribution in [3.8, 4) is 0 Å². The number of nitrogens with two attached hydrogens (primary N) is 1. The van der Waals surface area contributed by atoms with Crippen molar-refractivity contribution in [1.82, 2.24) is 10.6 Å². The maximum atomic E-state index is 11.7. The third-order valence-corrected chi connectivity index (χ3v) is 2.05. The molecule has 0 aromatic heterocycles. The zero-order valence-electron chi connectivity index (χ0n) is 9.07. The first kappa shape index (κ1) is 12.2. The Kier molecular flexibility index (Phi) is 4.47. The molecular formula is C11H15N3O2. The van der Waals surface area contributed by atoms with Gasteiger partial charge in [-0.1, -0.05) is 37.3 Å². The van der Waals surface area contributed by atoms with E-state index in [1.165, 1.54) is 0 Å². The molecule has 0 saturated heterocycles. The molecule has 0 unspecified atom stereocenters. The number of urea groups is 1. The molecule has 0 heterocycles. The van der Waals surface area contributed by atoms with Gasteiger partial charge in [-0.05, 0) is 12.1 Å². The van der Waals surface area contributed by atoms with E-state index in [2.05, 4.69) is 10.6 Å². The molecule has 0 fully saturated rings. The van der Waals surface area contributed by atoms with E-state index in [1.54, 1.807) is 0 Å². The van der Waals surface area contributed by atoms with Crippen LogP contribution in [0.15, 0.2) is 30.3 Å². The summed E-state index contributed by atoms with van der Waals surface area (Å²) in [4.78, 5) is 22.3. The van der Waals surface area contributed by atoms with E-state index in [1.807, 2.05) is 37.3 Å². The first-order valence-electron chi connectivity index (χ1n) is 5.03. The van der Waals surface area contributed by atoms with Gasteiger partial charge in [-0.3, -0.25) is 10.1 Å². The smallest absolute Gasteiger partial charge is 0.318 e. The summed E-state index contributed by atoms with van der Waals surface area (Å²) in [7, 11) is 0. The fourth-order valence-corrected chi connectivity index (χ4v) is 1.41. The van der Waals surface area contributed by atoms with Crippen LogP contribution in [-0.4, -0.2) is 18.5 Å². The van der Waals surface area contributed by atoms with Gasteiger partial charge in [0.1, 0.15) is 6.04 Å². The van der Waals surface area contributed by atoms with Crippen molar-refractivity contribution >= 4 is 11.9 Å². The highest BCUT2D eigenvalue weighted by atomic mass is 16.2. The molecule has 0 aliphatic heterocycles. The molecule has 0 radical (unpaired) electrons. The first-order chi connectivity index (χ1) is 7.65. The largest absolute Gasteiger partial charge is 0.351 e. The number of hydrogen-bond acceptors (Lipinski definition) is 3. The fraction of sp³-hybridized carbons (Fsp3) is 0.273. The number of imide groups is 1. The van der Waals surface area contributed by atoms with E-state index in [-0.39, 0.29) is 0 Å². The van der Waals surface area contributed by atoms with Crippen molar-refractivity contribution in [1.29, 1.82) is 0 Å². The van der Waals surface area contributed by atoms with Crippen LogP contribution >= 0.6 is 0 Å². The molecule has 0 bridgehead atoms. The molecule has 1 rings (SSSR count). The van der Waals surface area contributed by atoms with E-state index in [4.69, 9.17) is 5.73 Å². The normalized spacial score (nSPS) is 11.8. The Morgan fingerprint density at radius 3 is 2.44 bits per heavy atom. The zero-order chi connectivity index (χ0) is 12.0. The third kappa shape index (κ3) is 3.36. The van der Waals surface area contributed by atoms with Crippen molar-refractivity contribution in [3.63, 3.8) is 0 Å². The van der Waals surface area contributed by atoms with Crippen molar-refractivity contribution < 1.29 is 9.59 Å². The molecule has 4 N–H and O–H groups in total. The molecule has 1 atom stereocenters. The summed E-state index contributed by atoms with van der Waals surface area (Å²) in [5.74, 6) is -0.444. The summed E-state index contributed by atoms with van der Waals surface area (Å²) in [5.41, 5.74) is 5.70. The van der Waals surface area contributed by atoms with E-state index in [0.29, 0.717) is 6.54 Å². The lowest BCUT2D eigenvalue weighted by molar-refractivity contribution is -0.122. The number of amides is 3. The van der Waals surface area contributed by atoms with Crippen LogP contribution in [0, 0.1) is 0 Å². The number of likely N-dealkylation sites (N-methyl/N-ethyl adjacent to an activating group) is 1. The highest BCUT2D eigenvalue weighted by Crippen LogP contribution is 2.12. The summed E-state index contributed by atoms with van der Waals surface area (Å²) in [6.45, 7) is 2.50. The zero-order valence-corrected chi connectivity index (χ0v) is 9.07. The Balaban J connectivity index is 2.82. The van der Waals surface area contributed by atoms with Crippen LogP contribution in [-0.2, 0) is 4.79 Å². The minimum Gasteiger partial charge on any atom is -0.351 e. The van der Waals surface area contributed by atoms with E-state index in [9.17, 15) is 9.59 Å². The summed E-state index contributed by atoms with van der Waals surface area (Å²) in [6.07, 6.45) is 0. The van der Waals surface area contributed by atoms with E-state index < -0.39 is 18.0 Å². The molecule has 5 nitrogen and oxygen atoms in total. The number of hydrogen-bond donors (Lipinski definition) is 3. The Hall–Kier alpha value is -1.88. The van der Waals surface area contributed by atoms with Gasteiger partial charge in [0, 0.05) is 0 Å². The van der Waals surface area contributed by atoms with Crippen LogP contribution in [0.2, 0.25) is 0 Å². The standard InChI is InChI=1S/C11H15N3O2/c1-2-13-9(10(15)14-11(12)16)8-6-4-3-5-7-8/h3-7,9,13H,2H2,1H3,(H3,12,14,15,16)/t9-/m0/s1. The molecule has 3 amide bonds. The van der Waals surface area contributed by atoms with Crippen LogP contribution in [0.5, 0.6) is 0 Å². The van der Waals surface area contributed by atoms with Crippen LogP contribution in [0.1, 0.15) is 18.5 Å². The topological polar surface area (TPSA) is 84.2 Å². The monoisotopic (exact) mass is 221 g/mol. The number of primary amides is 1. The van der Waals surface area contributed by atoms with Gasteiger partial charge in [0.05, 0.1) is 0 Å². The van der Waals surface area contributed by atoms with Gasteiger partial charge in [-0.25, -0.2) is 4.79 Å². The number of benzene rings is 1. The summed E-state index contributed by atoms with van der Waals surface area (Å²) in [6, 6.07) is 7.75. The minimum absolute atomic E-state index is 0.444. The number of nitrogens with one attached hydrogen (secondary N) is 2. The predicted molar refractivity (Wildman–Crippen MR) is 60.6 cm³/mol. The minimum atomic E-state index is -0.844. The van der Waals surface area contributed by atoms with Crippen molar-refractivity contribution in [2.24, 2.45) is 5.73 Å². The molecule has 0 spiro atoms. The second kappa shape index (κ2) is 5.87. The van der Waals surface area contributed by atoms with E-state index in [0.717, 1.165) is 5.56 Å². The molecule has 16 heavy (non-hydrogen) atoms. The number of carbonyl (C=O) groups is 2. The molecular weight excluding hydrogens is 206 g/mol. The molecule has 5 heteroatoms. The first-order valence-corrected chi connectivity index (χ1v) is 5.03. The van der Waals surface area contributed by atoms with E-state index >= 15 is 0 Å². The van der Waals surface area contributed by atoms with Gasteiger partial charge in [-0.2, -0.15) is 0 Å². The third-order valence-electron chi connectivity index (χ3n) is 2.05. The lowest BCUT2D eigenvalue weighted by Gasteiger charge is -2.16. The molecule has 0 aliphatic rings. The van der Waals surface area contributed by atoms with Crippen LogP contribution in [0.3, 0.4) is 0 Å². The van der Waals surface area contributed by atoms with Gasteiger partial charge in [0.25, 0.3) is 0 Å². The van der Waals surface area contributed by atoms with Crippen LogP contribution < -0.4 is 16.4 Å². The summed E-state index contributed by atoms with van der Waals surface area (Å²) in [5, 5.41) is 5.05. The summed E-state index contributed by atoms with van der Waals surface area (Å²) < 4.78 is 0. The second-order valence-electron chi connectivity index (χ2n) is 3.25. The Morgan fingerprint density at radius 2 is 1.94 bits per heavy atom. The lowest BCUT2D eigenvalue weighted by atomic mass is 10.1. The van der Waals surface area contributed by atoms with Crippen molar-refractivity contribution in [2.75, 3.05) is 6.54 Å². The van der Waals surface area contributed by atoms with Crippen LogP contribution in [0.25, 0.3) is 0 Å². The fourth-order valence-electron chi connectivity index (χ4n) is 1.41. The molecule has 0 saturated carbocycles. The summed E-state index contributed by atoms with van der Waals surface area (Å²) >= 11 is 0. The highest BCUT2D eigenvalue weighted by molar-refractivity contribution is 5.96. The van der Waals surface area contributed by atoms with Gasteiger partial charge in [0.2, 0.25) is 5.91 Å². The van der Waals surface area contributed by atoms with Gasteiger partial charge in [-0.15, -0.1) is 0 Å². The second-order valence-corrected chi connectivity index (χ2v) is 3.25. The predicted octanol–water partition coefficient (Wildman–Crippen LogP) is 0.532. The van der Waals surface area contributed by atoms with Crippen molar-refractivity contribution in [2.45, 2.75) is 13.0 Å². The van der Waals surface area contributed by atoms with Gasteiger partial charge in [0.15, 0.2) is 0 Å². The maximum Gasteiger partial charge on any atom is 0.318 e. The van der Waals surface area contributed by atoms with Gasteiger partial charge < -0.3 is 11.1 Å². The Labute approximate surface area is 94.0 Å². The maximum absolute atomic E-state index is 11.7. The average molecular weight is 221 g/mol. The average Bonchev–Trinajstić information content (AvgIpc) is 2.26. The number of carbonyl (C=O) groups excluding carboxylic acids is 2. The Bertz CT molecular complexity index is 365. The Morgan fingerprint density at radius 1 is 1.31 bits per heavy atom. The quantitative estimate of drug-likeness (QED) is 0.693.